The van der Waals surface area contributed by atoms with E-state index < -0.39 is 22.8 Å². The third kappa shape index (κ3) is 7.77. The van der Waals surface area contributed by atoms with Crippen LogP contribution in [-0.2, 0) is 9.59 Å². The molecule has 108 valence electrons. The molecular formula is C14H26MgO4. The van der Waals surface area contributed by atoms with Crippen LogP contribution in [0.1, 0.15) is 55.4 Å². The molecule has 0 aliphatic carbocycles. The zero-order valence-corrected chi connectivity index (χ0v) is 14.9. The zero-order valence-electron chi connectivity index (χ0n) is 13.5. The predicted molar refractivity (Wildman–Crippen MR) is 73.0 cm³/mol. The molecule has 4 nitrogen and oxygen atoms in total. The minimum atomic E-state index is -0.975. The molecule has 0 heterocycles. The van der Waals surface area contributed by atoms with Gasteiger partial charge in [-0.25, -0.2) is 0 Å². The van der Waals surface area contributed by atoms with Gasteiger partial charge in [0, 0.05) is 22.8 Å². The summed E-state index contributed by atoms with van der Waals surface area (Å²) in [6.07, 6.45) is 0. The Morgan fingerprint density at radius 1 is 0.737 bits per heavy atom. The molecule has 0 N–H and O–H groups in total. The van der Waals surface area contributed by atoms with Crippen LogP contribution in [0.3, 0.4) is 0 Å². The number of aliphatic carboxylic acids is 2. The van der Waals surface area contributed by atoms with E-state index >= 15 is 0 Å². The molecule has 0 radical (unpaired) electrons. The summed E-state index contributed by atoms with van der Waals surface area (Å²) in [5.74, 6) is -1.69. The Labute approximate surface area is 133 Å². The van der Waals surface area contributed by atoms with Crippen molar-refractivity contribution >= 4 is 35.0 Å². The molecule has 0 aromatic heterocycles. The van der Waals surface area contributed by atoms with Crippen LogP contribution in [0.25, 0.3) is 0 Å². The van der Waals surface area contributed by atoms with Gasteiger partial charge in [0.15, 0.2) is 0 Å². The molecule has 0 aliphatic heterocycles. The summed E-state index contributed by atoms with van der Waals surface area (Å²) < 4.78 is 0. The van der Waals surface area contributed by atoms with Crippen molar-refractivity contribution in [3.63, 3.8) is 0 Å². The molecule has 19 heavy (non-hydrogen) atoms. The van der Waals surface area contributed by atoms with E-state index in [9.17, 15) is 19.8 Å². The summed E-state index contributed by atoms with van der Waals surface area (Å²) in [5.41, 5.74) is -1.39. The van der Waals surface area contributed by atoms with Crippen LogP contribution >= 0.6 is 0 Å². The maximum atomic E-state index is 10.4. The van der Waals surface area contributed by atoms with Crippen molar-refractivity contribution in [2.45, 2.75) is 55.4 Å². The monoisotopic (exact) mass is 282 g/mol. The van der Waals surface area contributed by atoms with Crippen molar-refractivity contribution in [2.24, 2.45) is 22.7 Å². The first-order valence-electron chi connectivity index (χ1n) is 6.20. The van der Waals surface area contributed by atoms with Gasteiger partial charge < -0.3 is 19.8 Å². The fraction of sp³-hybridized carbons (Fsp3) is 0.857. The molecule has 0 aromatic carbocycles. The van der Waals surface area contributed by atoms with Gasteiger partial charge in [0.25, 0.3) is 0 Å². The van der Waals surface area contributed by atoms with Gasteiger partial charge in [-0.3, -0.25) is 0 Å². The molecular weight excluding hydrogens is 256 g/mol. The maximum Gasteiger partial charge on any atom is 2.00 e. The summed E-state index contributed by atoms with van der Waals surface area (Å²) in [6.45, 7) is 14.2. The normalized spacial score (nSPS) is 11.5. The molecule has 0 aromatic rings. The van der Waals surface area contributed by atoms with Crippen molar-refractivity contribution < 1.29 is 19.8 Å². The van der Waals surface area contributed by atoms with E-state index in [0.717, 1.165) is 0 Å². The molecule has 0 saturated carbocycles. The summed E-state index contributed by atoms with van der Waals surface area (Å²) in [7, 11) is 0. The van der Waals surface area contributed by atoms with Crippen LogP contribution in [-0.4, -0.2) is 35.0 Å². The van der Waals surface area contributed by atoms with Gasteiger partial charge in [-0.2, -0.15) is 0 Å². The van der Waals surface area contributed by atoms with Gasteiger partial charge in [0.1, 0.15) is 0 Å². The Hall–Kier alpha value is -0.294. The van der Waals surface area contributed by atoms with E-state index in [2.05, 4.69) is 0 Å². The van der Waals surface area contributed by atoms with Crippen molar-refractivity contribution in [2.75, 3.05) is 0 Å². The predicted octanol–water partition coefficient (Wildman–Crippen LogP) is 0.456. The number of hydrogen-bond donors (Lipinski definition) is 0. The molecule has 0 aliphatic rings. The molecule has 0 fully saturated rings. The van der Waals surface area contributed by atoms with Gasteiger partial charge in [-0.15, -0.1) is 0 Å². The molecule has 0 spiro atoms. The van der Waals surface area contributed by atoms with E-state index in [1.807, 2.05) is 27.7 Å². The van der Waals surface area contributed by atoms with Gasteiger partial charge in [0.05, 0.1) is 0 Å². The van der Waals surface area contributed by atoms with Crippen molar-refractivity contribution in [3.05, 3.63) is 0 Å². The fourth-order valence-corrected chi connectivity index (χ4v) is 0.471. The Kier molecular flexibility index (Phi) is 11.0. The average Bonchev–Trinajstić information content (AvgIpc) is 2.17. The fourth-order valence-electron chi connectivity index (χ4n) is 0.471. The first-order chi connectivity index (χ1) is 7.77. The van der Waals surface area contributed by atoms with Crippen LogP contribution in [0.2, 0.25) is 0 Å². The number of carbonyl (C=O) groups excluding carboxylic acids is 2. The number of hydrogen-bond acceptors (Lipinski definition) is 4. The quantitative estimate of drug-likeness (QED) is 0.702. The summed E-state index contributed by atoms with van der Waals surface area (Å²) in [5, 5.41) is 20.7. The van der Waals surface area contributed by atoms with Crippen molar-refractivity contribution in [1.82, 2.24) is 0 Å². The van der Waals surface area contributed by atoms with Crippen LogP contribution in [0.4, 0.5) is 0 Å². The van der Waals surface area contributed by atoms with Gasteiger partial charge in [0.2, 0.25) is 0 Å². The van der Waals surface area contributed by atoms with Crippen LogP contribution in [0.5, 0.6) is 0 Å². The molecule has 0 amide bonds. The van der Waals surface area contributed by atoms with Crippen molar-refractivity contribution in [3.8, 4) is 0 Å². The maximum absolute atomic E-state index is 10.4. The molecule has 0 rings (SSSR count). The van der Waals surface area contributed by atoms with Crippen LogP contribution in [0, 0.1) is 22.7 Å². The number of carboxylic acids is 2. The third-order valence-corrected chi connectivity index (χ3v) is 3.94. The number of carbonyl (C=O) groups is 2. The smallest absolute Gasteiger partial charge is 0.550 e. The van der Waals surface area contributed by atoms with Crippen LogP contribution in [0.15, 0.2) is 0 Å². The van der Waals surface area contributed by atoms with E-state index in [0.29, 0.717) is 0 Å². The van der Waals surface area contributed by atoms with Gasteiger partial charge in [-0.05, 0) is 11.8 Å². The summed E-state index contributed by atoms with van der Waals surface area (Å²) >= 11 is 0. The Morgan fingerprint density at radius 2 is 0.895 bits per heavy atom. The average molecular weight is 283 g/mol. The first kappa shape index (κ1) is 23.8. The topological polar surface area (TPSA) is 80.3 Å². The second kappa shape index (κ2) is 8.79. The standard InChI is InChI=1S/2C7H14O2.Mg/c2*1-5(2)7(3,4)6(8)9;/h2*5H,1-4H3,(H,8,9);/q;;+2/p-2. The van der Waals surface area contributed by atoms with E-state index in [-0.39, 0.29) is 34.9 Å². The Balaban J connectivity index is -0.000000256. The number of rotatable bonds is 4. The summed E-state index contributed by atoms with van der Waals surface area (Å²) in [4.78, 5) is 20.7. The second-order valence-electron chi connectivity index (χ2n) is 6.33. The first-order valence-corrected chi connectivity index (χ1v) is 6.20. The van der Waals surface area contributed by atoms with Crippen molar-refractivity contribution in [1.29, 1.82) is 0 Å². The largest absolute Gasteiger partial charge is 2.00 e. The molecule has 0 atom stereocenters. The molecule has 0 unspecified atom stereocenters. The number of carboxylic acid groups (broad SMARTS) is 2. The minimum absolute atomic E-state index is 0. The molecule has 0 saturated heterocycles. The zero-order chi connectivity index (χ0) is 15.3. The van der Waals surface area contributed by atoms with Gasteiger partial charge in [-0.1, -0.05) is 55.4 Å². The van der Waals surface area contributed by atoms with Gasteiger partial charge >= 0.3 is 23.1 Å². The summed E-state index contributed by atoms with van der Waals surface area (Å²) in [6, 6.07) is 0. The Bertz CT molecular complexity index is 264. The van der Waals surface area contributed by atoms with E-state index in [4.69, 9.17) is 0 Å². The van der Waals surface area contributed by atoms with Crippen LogP contribution < -0.4 is 10.2 Å². The minimum Gasteiger partial charge on any atom is -0.550 e. The molecule has 0 bridgehead atoms. The van der Waals surface area contributed by atoms with E-state index in [1.165, 1.54) is 0 Å². The second-order valence-corrected chi connectivity index (χ2v) is 6.33. The SMILES string of the molecule is CC(C)C(C)(C)C(=O)[O-].CC(C)C(C)(C)C(=O)[O-].[Mg+2]. The Morgan fingerprint density at radius 3 is 0.895 bits per heavy atom. The molecule has 5 heteroatoms. The third-order valence-electron chi connectivity index (χ3n) is 3.94. The van der Waals surface area contributed by atoms with E-state index in [1.54, 1.807) is 27.7 Å².